The van der Waals surface area contributed by atoms with Gasteiger partial charge in [-0.3, -0.25) is 9.79 Å². The third-order valence-electron chi connectivity index (χ3n) is 3.55. The number of amides is 1. The second kappa shape index (κ2) is 5.61. The number of carbonyl (C=O) groups excluding carboxylic acids is 1. The van der Waals surface area contributed by atoms with E-state index in [1.54, 1.807) is 11.8 Å². The van der Waals surface area contributed by atoms with Crippen LogP contribution < -0.4 is 5.32 Å². The molecule has 1 aromatic carbocycles. The summed E-state index contributed by atoms with van der Waals surface area (Å²) in [4.78, 5) is 15.8. The highest BCUT2D eigenvalue weighted by Crippen LogP contribution is 2.45. The highest BCUT2D eigenvalue weighted by Gasteiger charge is 2.43. The molecule has 0 radical (unpaired) electrons. The molecule has 100 valence electrons. The van der Waals surface area contributed by atoms with Gasteiger partial charge in [0.25, 0.3) is 0 Å². The standard InChI is InChI=1S/C15H18N2OS/c1-11(16-2)14(19-3)12-4-6-13(7-5-12)15(8-9-15)17-10-18/h4-7,10H,2,8-9H2,1,3H3,(H,17,18)/b14-11-. The van der Waals surface area contributed by atoms with E-state index in [4.69, 9.17) is 0 Å². The molecule has 0 aliphatic heterocycles. The molecule has 4 heteroatoms. The summed E-state index contributed by atoms with van der Waals surface area (Å²) in [6.45, 7) is 5.54. The molecule has 1 aliphatic rings. The zero-order chi connectivity index (χ0) is 13.9. The number of hydrogen-bond acceptors (Lipinski definition) is 3. The summed E-state index contributed by atoms with van der Waals surface area (Å²) < 4.78 is 0. The summed E-state index contributed by atoms with van der Waals surface area (Å²) in [5.74, 6) is 0. The molecule has 0 atom stereocenters. The molecule has 0 bridgehead atoms. The summed E-state index contributed by atoms with van der Waals surface area (Å²) in [7, 11) is 0. The van der Waals surface area contributed by atoms with Gasteiger partial charge in [0.15, 0.2) is 0 Å². The maximum absolute atomic E-state index is 10.6. The molecule has 1 saturated carbocycles. The average molecular weight is 274 g/mol. The summed E-state index contributed by atoms with van der Waals surface area (Å²) >= 11 is 1.67. The van der Waals surface area contributed by atoms with Crippen molar-refractivity contribution in [2.75, 3.05) is 6.26 Å². The number of carbonyl (C=O) groups is 1. The first kappa shape index (κ1) is 13.9. The maximum Gasteiger partial charge on any atom is 0.207 e. The van der Waals surface area contributed by atoms with Gasteiger partial charge in [-0.2, -0.15) is 0 Å². The van der Waals surface area contributed by atoms with E-state index >= 15 is 0 Å². The Labute approximate surface area is 118 Å². The number of aliphatic imine (C=N–C) groups is 1. The second-order valence-electron chi connectivity index (χ2n) is 4.70. The van der Waals surface area contributed by atoms with Gasteiger partial charge >= 0.3 is 0 Å². The molecule has 3 nitrogen and oxygen atoms in total. The SMILES string of the molecule is C=N/C(C)=C(\SC)c1ccc(C2(NC=O)CC2)cc1. The fourth-order valence-corrected chi connectivity index (χ4v) is 2.97. The van der Waals surface area contributed by atoms with Crippen molar-refractivity contribution in [3.8, 4) is 0 Å². The van der Waals surface area contributed by atoms with E-state index in [-0.39, 0.29) is 5.54 Å². The molecule has 1 fully saturated rings. The van der Waals surface area contributed by atoms with Crippen LogP contribution in [0.2, 0.25) is 0 Å². The highest BCUT2D eigenvalue weighted by atomic mass is 32.2. The van der Waals surface area contributed by atoms with Crippen molar-refractivity contribution >= 4 is 29.8 Å². The largest absolute Gasteiger partial charge is 0.349 e. The van der Waals surface area contributed by atoms with Crippen molar-refractivity contribution in [2.24, 2.45) is 4.99 Å². The molecule has 1 aliphatic carbocycles. The van der Waals surface area contributed by atoms with Crippen LogP contribution in [0, 0.1) is 0 Å². The van der Waals surface area contributed by atoms with Crippen LogP contribution in [0.25, 0.3) is 4.91 Å². The van der Waals surface area contributed by atoms with Crippen molar-refractivity contribution in [2.45, 2.75) is 25.3 Å². The normalized spacial score (nSPS) is 17.4. The monoisotopic (exact) mass is 274 g/mol. The van der Waals surface area contributed by atoms with Crippen LogP contribution in [0.1, 0.15) is 30.9 Å². The van der Waals surface area contributed by atoms with Gasteiger partial charge in [-0.25, -0.2) is 0 Å². The van der Waals surface area contributed by atoms with Crippen LogP contribution in [0.4, 0.5) is 0 Å². The lowest BCUT2D eigenvalue weighted by Gasteiger charge is -2.15. The lowest BCUT2D eigenvalue weighted by Crippen LogP contribution is -2.27. The third kappa shape index (κ3) is 2.73. The molecule has 0 aromatic heterocycles. The van der Waals surface area contributed by atoms with Crippen LogP contribution >= 0.6 is 11.8 Å². The number of nitrogens with one attached hydrogen (secondary N) is 1. The van der Waals surface area contributed by atoms with Gasteiger partial charge in [0, 0.05) is 4.91 Å². The number of hydrogen-bond donors (Lipinski definition) is 1. The van der Waals surface area contributed by atoms with Crippen LogP contribution in [-0.4, -0.2) is 19.4 Å². The molecule has 1 N–H and O–H groups in total. The topological polar surface area (TPSA) is 41.5 Å². The third-order valence-corrected chi connectivity index (χ3v) is 4.49. The van der Waals surface area contributed by atoms with E-state index < -0.39 is 0 Å². The van der Waals surface area contributed by atoms with Crippen molar-refractivity contribution in [3.05, 3.63) is 41.1 Å². The van der Waals surface area contributed by atoms with Crippen molar-refractivity contribution < 1.29 is 4.79 Å². The van der Waals surface area contributed by atoms with Crippen LogP contribution in [-0.2, 0) is 10.3 Å². The number of allylic oxidation sites excluding steroid dienone is 1. The van der Waals surface area contributed by atoms with Crippen LogP contribution in [0.3, 0.4) is 0 Å². The predicted molar refractivity (Wildman–Crippen MR) is 82.2 cm³/mol. The van der Waals surface area contributed by atoms with E-state index in [2.05, 4.69) is 41.3 Å². The Morgan fingerprint density at radius 1 is 1.42 bits per heavy atom. The highest BCUT2D eigenvalue weighted by molar-refractivity contribution is 8.07. The molecule has 0 spiro atoms. The molecule has 0 unspecified atom stereocenters. The number of rotatable bonds is 6. The van der Waals surface area contributed by atoms with Gasteiger partial charge in [-0.1, -0.05) is 24.3 Å². The average Bonchev–Trinajstić information content (AvgIpc) is 3.21. The molecule has 1 amide bonds. The predicted octanol–water partition coefficient (Wildman–Crippen LogP) is 3.17. The van der Waals surface area contributed by atoms with E-state index in [1.807, 2.05) is 13.2 Å². The Hall–Kier alpha value is -1.55. The fourth-order valence-electron chi connectivity index (χ4n) is 2.24. The first-order valence-electron chi connectivity index (χ1n) is 6.21. The van der Waals surface area contributed by atoms with Crippen LogP contribution in [0.15, 0.2) is 35.0 Å². The number of nitrogens with zero attached hydrogens (tertiary/aromatic N) is 1. The summed E-state index contributed by atoms with van der Waals surface area (Å²) in [6.07, 6.45) is 4.86. The Balaban J connectivity index is 2.28. The van der Waals surface area contributed by atoms with Crippen molar-refractivity contribution in [1.29, 1.82) is 0 Å². The zero-order valence-electron chi connectivity index (χ0n) is 11.3. The molecule has 19 heavy (non-hydrogen) atoms. The minimum atomic E-state index is -0.116. The minimum absolute atomic E-state index is 0.116. The molecule has 2 rings (SSSR count). The van der Waals surface area contributed by atoms with E-state index in [0.29, 0.717) is 0 Å². The Bertz CT molecular complexity index is 515. The van der Waals surface area contributed by atoms with Gasteiger partial charge in [-0.05, 0) is 43.9 Å². The van der Waals surface area contributed by atoms with Gasteiger partial charge in [0.05, 0.1) is 11.2 Å². The Kier molecular flexibility index (Phi) is 4.10. The molecule has 0 heterocycles. The number of thioether (sulfide) groups is 1. The zero-order valence-corrected chi connectivity index (χ0v) is 12.1. The quantitative estimate of drug-likeness (QED) is 0.639. The minimum Gasteiger partial charge on any atom is -0.349 e. The molecular weight excluding hydrogens is 256 g/mol. The summed E-state index contributed by atoms with van der Waals surface area (Å²) in [5.41, 5.74) is 3.14. The second-order valence-corrected chi connectivity index (χ2v) is 5.51. The fraction of sp³-hybridized carbons (Fsp3) is 0.333. The first-order chi connectivity index (χ1) is 9.16. The summed E-state index contributed by atoms with van der Waals surface area (Å²) in [6, 6.07) is 8.35. The van der Waals surface area contributed by atoms with Gasteiger partial charge in [0.2, 0.25) is 6.41 Å². The van der Waals surface area contributed by atoms with Gasteiger partial charge in [-0.15, -0.1) is 11.8 Å². The van der Waals surface area contributed by atoms with E-state index in [9.17, 15) is 4.79 Å². The maximum atomic E-state index is 10.6. The lowest BCUT2D eigenvalue weighted by atomic mass is 10.0. The lowest BCUT2D eigenvalue weighted by molar-refractivity contribution is -0.110. The van der Waals surface area contributed by atoms with Gasteiger partial charge in [0.1, 0.15) is 0 Å². The number of benzene rings is 1. The van der Waals surface area contributed by atoms with Crippen molar-refractivity contribution in [1.82, 2.24) is 5.32 Å². The van der Waals surface area contributed by atoms with Gasteiger partial charge < -0.3 is 5.32 Å². The Morgan fingerprint density at radius 3 is 2.47 bits per heavy atom. The van der Waals surface area contributed by atoms with Crippen LogP contribution in [0.5, 0.6) is 0 Å². The molecular formula is C15H18N2OS. The van der Waals surface area contributed by atoms with E-state index in [0.717, 1.165) is 35.4 Å². The Morgan fingerprint density at radius 2 is 2.05 bits per heavy atom. The smallest absolute Gasteiger partial charge is 0.207 e. The molecule has 1 aromatic rings. The van der Waals surface area contributed by atoms with E-state index in [1.165, 1.54) is 5.56 Å². The first-order valence-corrected chi connectivity index (χ1v) is 7.43. The van der Waals surface area contributed by atoms with Crippen molar-refractivity contribution in [3.63, 3.8) is 0 Å². The summed E-state index contributed by atoms with van der Waals surface area (Å²) in [5, 5.41) is 2.92. The molecule has 0 saturated heterocycles.